The van der Waals surface area contributed by atoms with Crippen LogP contribution in [0.15, 0.2) is 48.5 Å². The molecule has 118 valence electrons. The summed E-state index contributed by atoms with van der Waals surface area (Å²) < 4.78 is 10.5. The van der Waals surface area contributed by atoms with Crippen LogP contribution in [0, 0.1) is 0 Å². The van der Waals surface area contributed by atoms with Crippen LogP contribution in [0.2, 0.25) is 0 Å². The van der Waals surface area contributed by atoms with Crippen LogP contribution in [0.25, 0.3) is 0 Å². The van der Waals surface area contributed by atoms with Crippen LogP contribution in [0.1, 0.15) is 36.3 Å². The van der Waals surface area contributed by atoms with E-state index >= 15 is 0 Å². The molecular formula is C19H23BrO2. The van der Waals surface area contributed by atoms with Crippen molar-refractivity contribution < 1.29 is 9.47 Å². The van der Waals surface area contributed by atoms with E-state index in [9.17, 15) is 0 Å². The zero-order chi connectivity index (χ0) is 15.8. The van der Waals surface area contributed by atoms with Crippen LogP contribution in [0.3, 0.4) is 0 Å². The molecule has 0 fully saturated rings. The van der Waals surface area contributed by atoms with Gasteiger partial charge in [-0.1, -0.05) is 46.6 Å². The van der Waals surface area contributed by atoms with Crippen molar-refractivity contribution in [2.45, 2.75) is 25.2 Å². The summed E-state index contributed by atoms with van der Waals surface area (Å²) in [5.74, 6) is 2.21. The van der Waals surface area contributed by atoms with E-state index < -0.39 is 0 Å². The molecule has 0 amide bonds. The number of halogens is 1. The van der Waals surface area contributed by atoms with Crippen LogP contribution < -0.4 is 9.47 Å². The lowest BCUT2D eigenvalue weighted by atomic mass is 9.87. The first-order valence-electron chi connectivity index (χ1n) is 7.62. The monoisotopic (exact) mass is 362 g/mol. The van der Waals surface area contributed by atoms with Gasteiger partial charge in [-0.15, -0.1) is 0 Å². The molecule has 0 aliphatic heterocycles. The minimum atomic E-state index is 0.413. The first-order chi connectivity index (χ1) is 10.8. The van der Waals surface area contributed by atoms with Gasteiger partial charge in [0.2, 0.25) is 0 Å². The lowest BCUT2D eigenvalue weighted by Gasteiger charge is -2.19. The van der Waals surface area contributed by atoms with Crippen molar-refractivity contribution in [3.8, 4) is 11.5 Å². The summed E-state index contributed by atoms with van der Waals surface area (Å²) in [6.45, 7) is 0. The Bertz CT molecular complexity index is 501. The Morgan fingerprint density at radius 1 is 0.773 bits per heavy atom. The Morgan fingerprint density at radius 2 is 1.23 bits per heavy atom. The molecule has 0 saturated carbocycles. The molecule has 0 heterocycles. The summed E-state index contributed by atoms with van der Waals surface area (Å²) in [5, 5.41) is 1.06. The first kappa shape index (κ1) is 16.9. The van der Waals surface area contributed by atoms with Crippen LogP contribution in [0.4, 0.5) is 0 Å². The maximum absolute atomic E-state index is 5.26. The van der Waals surface area contributed by atoms with Gasteiger partial charge in [-0.3, -0.25) is 0 Å². The fraction of sp³-hybridized carbons (Fsp3) is 0.368. The van der Waals surface area contributed by atoms with Gasteiger partial charge in [-0.2, -0.15) is 0 Å². The molecule has 0 atom stereocenters. The number of unbranched alkanes of at least 4 members (excludes halogenated alkanes) is 1. The van der Waals surface area contributed by atoms with Gasteiger partial charge in [0.15, 0.2) is 0 Å². The Labute approximate surface area is 141 Å². The standard InChI is InChI=1S/C19H23BrO2/c1-21-17-10-6-15(7-11-17)19(5-3-4-14-20)16-8-12-18(22-2)13-9-16/h6-13,19H,3-5,14H2,1-2H3. The van der Waals surface area contributed by atoms with Crippen molar-refractivity contribution in [1.82, 2.24) is 0 Å². The fourth-order valence-corrected chi connectivity index (χ4v) is 3.04. The molecule has 2 aromatic rings. The van der Waals surface area contributed by atoms with E-state index in [2.05, 4.69) is 40.2 Å². The molecule has 2 nitrogen and oxygen atoms in total. The molecule has 0 aliphatic carbocycles. The molecule has 0 bridgehead atoms. The molecule has 3 heteroatoms. The summed E-state index contributed by atoms with van der Waals surface area (Å²) >= 11 is 3.52. The number of hydrogen-bond acceptors (Lipinski definition) is 2. The quantitative estimate of drug-likeness (QED) is 0.462. The normalized spacial score (nSPS) is 10.7. The molecule has 22 heavy (non-hydrogen) atoms. The van der Waals surface area contributed by atoms with E-state index in [1.807, 2.05) is 24.3 Å². The summed E-state index contributed by atoms with van der Waals surface area (Å²) in [4.78, 5) is 0. The lowest BCUT2D eigenvalue weighted by molar-refractivity contribution is 0.414. The zero-order valence-corrected chi connectivity index (χ0v) is 14.8. The van der Waals surface area contributed by atoms with E-state index in [0.29, 0.717) is 5.92 Å². The average Bonchev–Trinajstić information content (AvgIpc) is 2.59. The highest BCUT2D eigenvalue weighted by atomic mass is 79.9. The van der Waals surface area contributed by atoms with Gasteiger partial charge in [0, 0.05) is 11.2 Å². The van der Waals surface area contributed by atoms with E-state index in [-0.39, 0.29) is 0 Å². The predicted octanol–water partition coefficient (Wildman–Crippen LogP) is 5.40. The van der Waals surface area contributed by atoms with E-state index in [4.69, 9.17) is 9.47 Å². The summed E-state index contributed by atoms with van der Waals surface area (Å²) in [7, 11) is 3.40. The van der Waals surface area contributed by atoms with Crippen molar-refractivity contribution >= 4 is 15.9 Å². The van der Waals surface area contributed by atoms with Crippen LogP contribution >= 0.6 is 15.9 Å². The molecule has 0 unspecified atom stereocenters. The van der Waals surface area contributed by atoms with Crippen molar-refractivity contribution in [2.24, 2.45) is 0 Å². The van der Waals surface area contributed by atoms with Crippen molar-refractivity contribution in [3.05, 3.63) is 59.7 Å². The molecule has 2 rings (SSSR count). The topological polar surface area (TPSA) is 18.5 Å². The summed E-state index contributed by atoms with van der Waals surface area (Å²) in [6.07, 6.45) is 3.54. The Balaban J connectivity index is 2.23. The van der Waals surface area contributed by atoms with Crippen LogP contribution in [-0.2, 0) is 0 Å². The summed E-state index contributed by atoms with van der Waals surface area (Å²) in [6, 6.07) is 16.8. The maximum Gasteiger partial charge on any atom is 0.118 e. The summed E-state index contributed by atoms with van der Waals surface area (Å²) in [5.41, 5.74) is 2.67. The second-order valence-electron chi connectivity index (χ2n) is 5.28. The van der Waals surface area contributed by atoms with Gasteiger partial charge in [0.05, 0.1) is 14.2 Å². The molecule has 0 radical (unpaired) electrons. The maximum atomic E-state index is 5.26. The third-order valence-corrected chi connectivity index (χ3v) is 4.47. The zero-order valence-electron chi connectivity index (χ0n) is 13.2. The van der Waals surface area contributed by atoms with Crippen molar-refractivity contribution in [2.75, 3.05) is 19.5 Å². The molecular weight excluding hydrogens is 340 g/mol. The van der Waals surface area contributed by atoms with Crippen LogP contribution in [0.5, 0.6) is 11.5 Å². The number of alkyl halides is 1. The van der Waals surface area contributed by atoms with E-state index in [1.165, 1.54) is 24.0 Å². The second kappa shape index (κ2) is 8.84. The number of benzene rings is 2. The SMILES string of the molecule is COc1ccc(C(CCCCBr)c2ccc(OC)cc2)cc1. The number of rotatable bonds is 8. The first-order valence-corrected chi connectivity index (χ1v) is 8.74. The van der Waals surface area contributed by atoms with E-state index in [0.717, 1.165) is 23.2 Å². The largest absolute Gasteiger partial charge is 0.497 e. The van der Waals surface area contributed by atoms with Gasteiger partial charge in [-0.05, 0) is 48.2 Å². The second-order valence-corrected chi connectivity index (χ2v) is 6.08. The third kappa shape index (κ3) is 4.51. The third-order valence-electron chi connectivity index (χ3n) is 3.91. The lowest BCUT2D eigenvalue weighted by Crippen LogP contribution is -2.02. The fourth-order valence-electron chi connectivity index (χ4n) is 2.64. The highest BCUT2D eigenvalue weighted by Crippen LogP contribution is 2.32. The molecule has 2 aromatic carbocycles. The smallest absolute Gasteiger partial charge is 0.118 e. The minimum absolute atomic E-state index is 0.413. The van der Waals surface area contributed by atoms with Crippen LogP contribution in [-0.4, -0.2) is 19.5 Å². The number of methoxy groups -OCH3 is 2. The average molecular weight is 363 g/mol. The highest BCUT2D eigenvalue weighted by Gasteiger charge is 2.14. The molecule has 0 N–H and O–H groups in total. The molecule has 0 aliphatic rings. The molecule has 0 saturated heterocycles. The Kier molecular flexibility index (Phi) is 6.78. The van der Waals surface area contributed by atoms with Gasteiger partial charge in [-0.25, -0.2) is 0 Å². The minimum Gasteiger partial charge on any atom is -0.497 e. The van der Waals surface area contributed by atoms with Gasteiger partial charge in [0.25, 0.3) is 0 Å². The van der Waals surface area contributed by atoms with E-state index in [1.54, 1.807) is 14.2 Å². The Hall–Kier alpha value is -1.48. The molecule has 0 spiro atoms. The predicted molar refractivity (Wildman–Crippen MR) is 95.5 cm³/mol. The number of hydrogen-bond donors (Lipinski definition) is 0. The van der Waals surface area contributed by atoms with Gasteiger partial charge < -0.3 is 9.47 Å². The van der Waals surface area contributed by atoms with Crippen molar-refractivity contribution in [3.63, 3.8) is 0 Å². The number of ether oxygens (including phenoxy) is 2. The van der Waals surface area contributed by atoms with Gasteiger partial charge in [0.1, 0.15) is 11.5 Å². The molecule has 0 aromatic heterocycles. The van der Waals surface area contributed by atoms with Gasteiger partial charge >= 0.3 is 0 Å². The Morgan fingerprint density at radius 3 is 1.59 bits per heavy atom. The van der Waals surface area contributed by atoms with Crippen molar-refractivity contribution in [1.29, 1.82) is 0 Å². The highest BCUT2D eigenvalue weighted by molar-refractivity contribution is 9.09.